The van der Waals surface area contributed by atoms with E-state index in [4.69, 9.17) is 16.7 Å². The summed E-state index contributed by atoms with van der Waals surface area (Å²) >= 11 is 6.08. The molecule has 0 aliphatic carbocycles. The predicted molar refractivity (Wildman–Crippen MR) is 62.0 cm³/mol. The van der Waals surface area contributed by atoms with E-state index >= 15 is 0 Å². The second-order valence-corrected chi connectivity index (χ2v) is 3.92. The van der Waals surface area contributed by atoms with E-state index in [2.05, 4.69) is 15.1 Å². The Morgan fingerprint density at radius 1 is 1.47 bits per heavy atom. The number of hydrogen-bond acceptors (Lipinski definition) is 4. The second-order valence-electron chi connectivity index (χ2n) is 3.51. The van der Waals surface area contributed by atoms with Gasteiger partial charge in [-0.1, -0.05) is 17.7 Å². The van der Waals surface area contributed by atoms with Gasteiger partial charge in [0.25, 0.3) is 0 Å². The zero-order valence-electron chi connectivity index (χ0n) is 8.51. The van der Waals surface area contributed by atoms with Crippen molar-refractivity contribution in [3.05, 3.63) is 39.5 Å². The standard InChI is InChI=1S/C10H7ClN4O2/c11-5-2-1-3-6-8(5)9-13-7(4-16)14-15(9)10(17)12-6/h1-3,16H,4H2,(H,12,17). The summed E-state index contributed by atoms with van der Waals surface area (Å²) in [6.07, 6.45) is 0. The first kappa shape index (κ1) is 10.2. The van der Waals surface area contributed by atoms with E-state index in [-0.39, 0.29) is 12.4 Å². The van der Waals surface area contributed by atoms with Crippen molar-refractivity contribution >= 4 is 28.2 Å². The molecule has 0 saturated heterocycles. The van der Waals surface area contributed by atoms with E-state index in [1.54, 1.807) is 18.2 Å². The number of nitrogens with one attached hydrogen (secondary N) is 1. The molecule has 0 aliphatic rings. The molecular formula is C10H7ClN4O2. The highest BCUT2D eigenvalue weighted by molar-refractivity contribution is 6.36. The summed E-state index contributed by atoms with van der Waals surface area (Å²) in [5.74, 6) is 0.183. The average Bonchev–Trinajstić information content (AvgIpc) is 2.73. The number of aromatic amines is 1. The number of fused-ring (bicyclic) bond motifs is 3. The van der Waals surface area contributed by atoms with Crippen LogP contribution in [0.4, 0.5) is 0 Å². The van der Waals surface area contributed by atoms with Gasteiger partial charge < -0.3 is 10.1 Å². The van der Waals surface area contributed by atoms with E-state index in [1.165, 1.54) is 0 Å². The van der Waals surface area contributed by atoms with E-state index in [1.807, 2.05) is 0 Å². The van der Waals surface area contributed by atoms with Crippen molar-refractivity contribution in [1.29, 1.82) is 0 Å². The largest absolute Gasteiger partial charge is 0.388 e. The molecule has 17 heavy (non-hydrogen) atoms. The highest BCUT2D eigenvalue weighted by Gasteiger charge is 2.12. The van der Waals surface area contributed by atoms with Crippen molar-refractivity contribution in [3.8, 4) is 0 Å². The van der Waals surface area contributed by atoms with Gasteiger partial charge >= 0.3 is 5.69 Å². The van der Waals surface area contributed by atoms with Gasteiger partial charge in [0.05, 0.1) is 15.9 Å². The van der Waals surface area contributed by atoms with Crippen molar-refractivity contribution in [2.45, 2.75) is 6.61 Å². The van der Waals surface area contributed by atoms with Gasteiger partial charge in [0.1, 0.15) is 6.61 Å². The van der Waals surface area contributed by atoms with Crippen LogP contribution in [0.2, 0.25) is 5.02 Å². The van der Waals surface area contributed by atoms with Crippen LogP contribution in [0.3, 0.4) is 0 Å². The summed E-state index contributed by atoms with van der Waals surface area (Å²) in [5, 5.41) is 13.9. The molecule has 0 aliphatic heterocycles. The maximum Gasteiger partial charge on any atom is 0.348 e. The molecule has 86 valence electrons. The first-order valence-corrected chi connectivity index (χ1v) is 5.25. The summed E-state index contributed by atoms with van der Waals surface area (Å²) in [6, 6.07) is 5.17. The van der Waals surface area contributed by atoms with E-state index in [0.717, 1.165) is 4.52 Å². The van der Waals surface area contributed by atoms with Gasteiger partial charge in [-0.25, -0.2) is 9.78 Å². The molecule has 1 aromatic carbocycles. The fourth-order valence-corrected chi connectivity index (χ4v) is 2.01. The minimum atomic E-state index is -0.415. The molecule has 0 bridgehead atoms. The zero-order valence-corrected chi connectivity index (χ0v) is 9.27. The van der Waals surface area contributed by atoms with Crippen LogP contribution in [-0.2, 0) is 6.61 Å². The Bertz CT molecular complexity index is 777. The second kappa shape index (κ2) is 3.54. The van der Waals surface area contributed by atoms with Crippen LogP contribution in [0.25, 0.3) is 16.6 Å². The SMILES string of the molecule is O=c1[nH]c2cccc(Cl)c2c2nc(CO)nn12. The van der Waals surface area contributed by atoms with Crippen LogP contribution in [0.15, 0.2) is 23.0 Å². The summed E-state index contributed by atoms with van der Waals surface area (Å²) in [5.41, 5.74) is 0.521. The quantitative estimate of drug-likeness (QED) is 0.667. The first-order valence-electron chi connectivity index (χ1n) is 4.87. The van der Waals surface area contributed by atoms with Crippen LogP contribution >= 0.6 is 11.6 Å². The normalized spacial score (nSPS) is 11.4. The van der Waals surface area contributed by atoms with Crippen molar-refractivity contribution in [1.82, 2.24) is 19.6 Å². The fourth-order valence-electron chi connectivity index (χ4n) is 1.75. The highest BCUT2D eigenvalue weighted by atomic mass is 35.5. The van der Waals surface area contributed by atoms with Gasteiger partial charge in [0.15, 0.2) is 11.5 Å². The Labute approximate surface area is 99.5 Å². The van der Waals surface area contributed by atoms with Crippen molar-refractivity contribution < 1.29 is 5.11 Å². The molecule has 0 spiro atoms. The number of benzene rings is 1. The lowest BCUT2D eigenvalue weighted by Gasteiger charge is -2.00. The molecular weight excluding hydrogens is 244 g/mol. The number of halogens is 1. The Kier molecular flexibility index (Phi) is 2.13. The van der Waals surface area contributed by atoms with Gasteiger partial charge in [-0.05, 0) is 12.1 Å². The topological polar surface area (TPSA) is 83.3 Å². The number of rotatable bonds is 1. The highest BCUT2D eigenvalue weighted by Crippen LogP contribution is 2.23. The van der Waals surface area contributed by atoms with Gasteiger partial charge in [0.2, 0.25) is 0 Å². The van der Waals surface area contributed by atoms with Crippen molar-refractivity contribution in [2.75, 3.05) is 0 Å². The van der Waals surface area contributed by atoms with E-state index in [9.17, 15) is 4.79 Å². The van der Waals surface area contributed by atoms with E-state index in [0.29, 0.717) is 21.6 Å². The van der Waals surface area contributed by atoms with Gasteiger partial charge in [-0.15, -0.1) is 5.10 Å². The summed E-state index contributed by atoms with van der Waals surface area (Å²) in [7, 11) is 0. The third-order valence-corrected chi connectivity index (χ3v) is 2.78. The molecule has 0 fully saturated rings. The molecule has 2 N–H and O–H groups in total. The van der Waals surface area contributed by atoms with Crippen LogP contribution in [0.5, 0.6) is 0 Å². The molecule has 3 rings (SSSR count). The molecule has 0 saturated carbocycles. The number of hydrogen-bond donors (Lipinski definition) is 2. The molecule has 0 atom stereocenters. The molecule has 3 aromatic rings. The van der Waals surface area contributed by atoms with Crippen LogP contribution in [0, 0.1) is 0 Å². The lowest BCUT2D eigenvalue weighted by molar-refractivity contribution is 0.271. The lowest BCUT2D eigenvalue weighted by Crippen LogP contribution is -2.17. The van der Waals surface area contributed by atoms with Gasteiger partial charge in [-0.2, -0.15) is 4.52 Å². The van der Waals surface area contributed by atoms with Crippen LogP contribution < -0.4 is 5.69 Å². The van der Waals surface area contributed by atoms with Crippen LogP contribution in [-0.4, -0.2) is 24.7 Å². The minimum Gasteiger partial charge on any atom is -0.388 e. The molecule has 7 heteroatoms. The lowest BCUT2D eigenvalue weighted by atomic mass is 10.2. The Balaban J connectivity index is 2.61. The minimum absolute atomic E-state index is 0.183. The Hall–Kier alpha value is -1.92. The van der Waals surface area contributed by atoms with Crippen molar-refractivity contribution in [3.63, 3.8) is 0 Å². The Morgan fingerprint density at radius 2 is 2.29 bits per heavy atom. The molecule has 0 unspecified atom stereocenters. The first-order chi connectivity index (χ1) is 8.20. The number of aliphatic hydroxyl groups is 1. The van der Waals surface area contributed by atoms with E-state index < -0.39 is 5.69 Å². The third kappa shape index (κ3) is 1.42. The van der Waals surface area contributed by atoms with Gasteiger partial charge in [0, 0.05) is 0 Å². The molecule has 0 radical (unpaired) electrons. The summed E-state index contributed by atoms with van der Waals surface area (Å²) in [6.45, 7) is -0.326. The third-order valence-electron chi connectivity index (χ3n) is 2.46. The number of H-pyrrole nitrogens is 1. The molecule has 2 aromatic heterocycles. The number of nitrogens with zero attached hydrogens (tertiary/aromatic N) is 3. The predicted octanol–water partition coefficient (Wildman–Crippen LogP) is 0.716. The number of aliphatic hydroxyl groups excluding tert-OH is 1. The summed E-state index contributed by atoms with van der Waals surface area (Å²) in [4.78, 5) is 18.4. The van der Waals surface area contributed by atoms with Gasteiger partial charge in [-0.3, -0.25) is 0 Å². The average molecular weight is 251 g/mol. The zero-order chi connectivity index (χ0) is 12.0. The molecule has 2 heterocycles. The number of aromatic nitrogens is 4. The molecule has 0 amide bonds. The maximum absolute atomic E-state index is 11.7. The van der Waals surface area contributed by atoms with Crippen LogP contribution in [0.1, 0.15) is 5.82 Å². The monoisotopic (exact) mass is 250 g/mol. The van der Waals surface area contributed by atoms with Crippen molar-refractivity contribution in [2.24, 2.45) is 0 Å². The maximum atomic E-state index is 11.7. The Morgan fingerprint density at radius 3 is 3.06 bits per heavy atom. The molecule has 6 nitrogen and oxygen atoms in total. The smallest absolute Gasteiger partial charge is 0.348 e. The summed E-state index contributed by atoms with van der Waals surface area (Å²) < 4.78 is 1.10. The fraction of sp³-hybridized carbons (Fsp3) is 0.100.